The number of aryl methyl sites for hydroxylation is 1. The fourth-order valence-electron chi connectivity index (χ4n) is 2.59. The second-order valence-electron chi connectivity index (χ2n) is 5.66. The van der Waals surface area contributed by atoms with Gasteiger partial charge in [0.25, 0.3) is 0 Å². The summed E-state index contributed by atoms with van der Waals surface area (Å²) in [6.45, 7) is 2.07. The SMILES string of the molecule is Cc1occc1-c1nnc(SCC(=O)Nc2ccc3c(c2)OCO3)n1C. The molecule has 9 heteroatoms. The van der Waals surface area contributed by atoms with Gasteiger partial charge in [-0.05, 0) is 25.1 Å². The molecule has 0 saturated heterocycles. The van der Waals surface area contributed by atoms with Crippen LogP contribution < -0.4 is 14.8 Å². The molecule has 1 amide bonds. The minimum atomic E-state index is -0.141. The number of nitrogens with zero attached hydrogens (tertiary/aromatic N) is 3. The van der Waals surface area contributed by atoms with Gasteiger partial charge in [0.15, 0.2) is 22.5 Å². The number of nitrogens with one attached hydrogen (secondary N) is 1. The number of rotatable bonds is 5. The first-order chi connectivity index (χ1) is 12.6. The first-order valence-electron chi connectivity index (χ1n) is 7.88. The summed E-state index contributed by atoms with van der Waals surface area (Å²) in [6, 6.07) is 7.14. The van der Waals surface area contributed by atoms with Crippen molar-refractivity contribution >= 4 is 23.4 Å². The van der Waals surface area contributed by atoms with Crippen LogP contribution in [0.2, 0.25) is 0 Å². The van der Waals surface area contributed by atoms with Crippen LogP contribution in [0, 0.1) is 6.92 Å². The van der Waals surface area contributed by atoms with Crippen LogP contribution in [0.15, 0.2) is 40.1 Å². The molecule has 3 aromatic rings. The Morgan fingerprint density at radius 2 is 2.12 bits per heavy atom. The van der Waals surface area contributed by atoms with Crippen molar-refractivity contribution in [2.24, 2.45) is 7.05 Å². The van der Waals surface area contributed by atoms with Gasteiger partial charge in [-0.2, -0.15) is 0 Å². The number of thioether (sulfide) groups is 1. The molecule has 0 bridgehead atoms. The number of hydrogen-bond donors (Lipinski definition) is 1. The van der Waals surface area contributed by atoms with Crippen LogP contribution in [-0.2, 0) is 11.8 Å². The number of benzene rings is 1. The highest BCUT2D eigenvalue weighted by molar-refractivity contribution is 7.99. The standard InChI is InChI=1S/C17H16N4O4S/c1-10-12(5-6-23-10)16-19-20-17(21(16)2)26-8-15(22)18-11-3-4-13-14(7-11)25-9-24-13/h3-7H,8-9H2,1-2H3,(H,18,22). The van der Waals surface area contributed by atoms with E-state index in [1.54, 1.807) is 24.5 Å². The maximum atomic E-state index is 12.2. The minimum Gasteiger partial charge on any atom is -0.469 e. The molecule has 0 saturated carbocycles. The molecule has 3 heterocycles. The Balaban J connectivity index is 1.39. The lowest BCUT2D eigenvalue weighted by atomic mass is 10.2. The molecular formula is C17H16N4O4S. The number of carbonyl (C=O) groups is 1. The van der Waals surface area contributed by atoms with E-state index in [1.165, 1.54) is 11.8 Å². The van der Waals surface area contributed by atoms with E-state index < -0.39 is 0 Å². The average Bonchev–Trinajstić information content (AvgIpc) is 3.33. The maximum absolute atomic E-state index is 12.2. The summed E-state index contributed by atoms with van der Waals surface area (Å²) in [5, 5.41) is 11.8. The van der Waals surface area contributed by atoms with Crippen molar-refractivity contribution in [3.8, 4) is 22.9 Å². The molecule has 0 unspecified atom stereocenters. The van der Waals surface area contributed by atoms with Crippen molar-refractivity contribution in [1.29, 1.82) is 0 Å². The van der Waals surface area contributed by atoms with Gasteiger partial charge in [0.05, 0.1) is 17.6 Å². The Morgan fingerprint density at radius 3 is 2.92 bits per heavy atom. The van der Waals surface area contributed by atoms with Gasteiger partial charge < -0.3 is 23.8 Å². The number of hydrogen-bond acceptors (Lipinski definition) is 7. The van der Waals surface area contributed by atoms with E-state index in [4.69, 9.17) is 13.9 Å². The molecule has 8 nitrogen and oxygen atoms in total. The van der Waals surface area contributed by atoms with Crippen molar-refractivity contribution in [2.75, 3.05) is 17.9 Å². The summed E-state index contributed by atoms with van der Waals surface area (Å²) in [7, 11) is 1.86. The highest BCUT2D eigenvalue weighted by atomic mass is 32.2. The third-order valence-corrected chi connectivity index (χ3v) is 4.94. The second-order valence-corrected chi connectivity index (χ2v) is 6.60. The highest BCUT2D eigenvalue weighted by Gasteiger charge is 2.17. The molecule has 0 fully saturated rings. The summed E-state index contributed by atoms with van der Waals surface area (Å²) < 4.78 is 17.7. The predicted octanol–water partition coefficient (Wildman–Crippen LogP) is 2.84. The molecule has 1 aromatic carbocycles. The fourth-order valence-corrected chi connectivity index (χ4v) is 3.30. The average molecular weight is 372 g/mol. The summed E-state index contributed by atoms with van der Waals surface area (Å²) in [4.78, 5) is 12.2. The van der Waals surface area contributed by atoms with E-state index in [2.05, 4.69) is 15.5 Å². The quantitative estimate of drug-likeness (QED) is 0.689. The lowest BCUT2D eigenvalue weighted by Gasteiger charge is -2.06. The molecular weight excluding hydrogens is 356 g/mol. The summed E-state index contributed by atoms with van der Waals surface area (Å²) in [5.41, 5.74) is 1.55. The third-order valence-electron chi connectivity index (χ3n) is 3.92. The molecule has 26 heavy (non-hydrogen) atoms. The zero-order valence-corrected chi connectivity index (χ0v) is 15.0. The number of amides is 1. The van der Waals surface area contributed by atoms with E-state index in [0.29, 0.717) is 28.2 Å². The van der Waals surface area contributed by atoms with Gasteiger partial charge >= 0.3 is 0 Å². The van der Waals surface area contributed by atoms with Crippen molar-refractivity contribution < 1.29 is 18.7 Å². The topological polar surface area (TPSA) is 91.4 Å². The first-order valence-corrected chi connectivity index (χ1v) is 8.86. The number of carbonyl (C=O) groups excluding carboxylic acids is 1. The zero-order chi connectivity index (χ0) is 18.1. The number of anilines is 1. The normalized spacial score (nSPS) is 12.4. The Morgan fingerprint density at radius 1 is 1.27 bits per heavy atom. The molecule has 4 rings (SSSR count). The molecule has 0 atom stereocenters. The molecule has 2 aromatic heterocycles. The Hall–Kier alpha value is -2.94. The highest BCUT2D eigenvalue weighted by Crippen LogP contribution is 2.34. The predicted molar refractivity (Wildman–Crippen MR) is 95.4 cm³/mol. The van der Waals surface area contributed by atoms with Crippen molar-refractivity contribution in [1.82, 2.24) is 14.8 Å². The smallest absolute Gasteiger partial charge is 0.234 e. The third kappa shape index (κ3) is 3.13. The van der Waals surface area contributed by atoms with Crippen LogP contribution in [-0.4, -0.2) is 33.2 Å². The van der Waals surface area contributed by atoms with E-state index in [9.17, 15) is 4.79 Å². The van der Waals surface area contributed by atoms with Gasteiger partial charge in [-0.1, -0.05) is 11.8 Å². The molecule has 134 valence electrons. The Kier molecular flexibility index (Phi) is 4.29. The molecule has 1 aliphatic heterocycles. The fraction of sp³-hybridized carbons (Fsp3) is 0.235. The monoisotopic (exact) mass is 372 g/mol. The number of fused-ring (bicyclic) bond motifs is 1. The van der Waals surface area contributed by atoms with E-state index in [0.717, 1.165) is 11.3 Å². The van der Waals surface area contributed by atoms with Crippen molar-refractivity contribution in [2.45, 2.75) is 12.1 Å². The number of ether oxygens (including phenoxy) is 2. The Labute approximate surface area is 153 Å². The Bertz CT molecular complexity index is 966. The van der Waals surface area contributed by atoms with Gasteiger partial charge in [-0.3, -0.25) is 4.79 Å². The second kappa shape index (κ2) is 6.75. The van der Waals surface area contributed by atoms with Crippen LogP contribution in [0.3, 0.4) is 0 Å². The molecule has 0 radical (unpaired) electrons. The van der Waals surface area contributed by atoms with Crippen LogP contribution in [0.25, 0.3) is 11.4 Å². The number of furan rings is 1. The van der Waals surface area contributed by atoms with Gasteiger partial charge in [0.1, 0.15) is 5.76 Å². The van der Waals surface area contributed by atoms with Gasteiger partial charge in [-0.25, -0.2) is 0 Å². The largest absolute Gasteiger partial charge is 0.469 e. The molecule has 1 N–H and O–H groups in total. The van der Waals surface area contributed by atoms with E-state index in [1.807, 2.05) is 24.6 Å². The first kappa shape index (κ1) is 16.5. The van der Waals surface area contributed by atoms with Crippen LogP contribution in [0.1, 0.15) is 5.76 Å². The van der Waals surface area contributed by atoms with Gasteiger partial charge in [0.2, 0.25) is 12.7 Å². The summed E-state index contributed by atoms with van der Waals surface area (Å²) in [5.74, 6) is 2.86. The van der Waals surface area contributed by atoms with Crippen molar-refractivity contribution in [3.05, 3.63) is 36.3 Å². The maximum Gasteiger partial charge on any atom is 0.234 e. The molecule has 0 aliphatic carbocycles. The van der Waals surface area contributed by atoms with Crippen LogP contribution >= 0.6 is 11.8 Å². The summed E-state index contributed by atoms with van der Waals surface area (Å²) in [6.07, 6.45) is 1.62. The lowest BCUT2D eigenvalue weighted by Crippen LogP contribution is -2.14. The van der Waals surface area contributed by atoms with E-state index >= 15 is 0 Å². The zero-order valence-electron chi connectivity index (χ0n) is 14.2. The van der Waals surface area contributed by atoms with Gasteiger partial charge in [-0.15, -0.1) is 10.2 Å². The lowest BCUT2D eigenvalue weighted by molar-refractivity contribution is -0.113. The summed E-state index contributed by atoms with van der Waals surface area (Å²) >= 11 is 1.31. The van der Waals surface area contributed by atoms with Gasteiger partial charge in [0, 0.05) is 18.8 Å². The van der Waals surface area contributed by atoms with E-state index in [-0.39, 0.29) is 18.5 Å². The minimum absolute atomic E-state index is 0.141. The molecule has 0 spiro atoms. The van der Waals surface area contributed by atoms with Crippen molar-refractivity contribution in [3.63, 3.8) is 0 Å². The molecule has 1 aliphatic rings. The van der Waals surface area contributed by atoms with Crippen LogP contribution in [0.4, 0.5) is 5.69 Å². The van der Waals surface area contributed by atoms with Crippen LogP contribution in [0.5, 0.6) is 11.5 Å². The number of aromatic nitrogens is 3.